The van der Waals surface area contributed by atoms with Gasteiger partial charge in [-0.25, -0.2) is 9.37 Å². The van der Waals surface area contributed by atoms with Crippen LogP contribution in [0.25, 0.3) is 11.3 Å². The van der Waals surface area contributed by atoms with Gasteiger partial charge in [-0.2, -0.15) is 0 Å². The zero-order valence-corrected chi connectivity index (χ0v) is 9.65. The van der Waals surface area contributed by atoms with Gasteiger partial charge in [0.05, 0.1) is 24.1 Å². The normalized spacial score (nSPS) is 12.6. The molecule has 1 unspecified atom stereocenters. The van der Waals surface area contributed by atoms with Crippen molar-refractivity contribution in [2.45, 2.75) is 25.8 Å². The van der Waals surface area contributed by atoms with Gasteiger partial charge >= 0.3 is 0 Å². The molecule has 1 atom stereocenters. The monoisotopic (exact) mass is 234 g/mol. The quantitative estimate of drug-likeness (QED) is 0.853. The van der Waals surface area contributed by atoms with Crippen molar-refractivity contribution in [1.29, 1.82) is 0 Å². The highest BCUT2D eigenvalue weighted by atomic mass is 19.1. The molecule has 0 aliphatic heterocycles. The van der Waals surface area contributed by atoms with Crippen LogP contribution in [0.4, 0.5) is 4.39 Å². The predicted octanol–water partition coefficient (Wildman–Crippen LogP) is 2.41. The van der Waals surface area contributed by atoms with Crippen LogP contribution in [-0.2, 0) is 0 Å². The third kappa shape index (κ3) is 2.68. The van der Waals surface area contributed by atoms with E-state index in [1.54, 1.807) is 12.4 Å². The third-order valence-corrected chi connectivity index (χ3v) is 2.56. The molecule has 0 aliphatic carbocycles. The van der Waals surface area contributed by atoms with E-state index in [-0.39, 0.29) is 11.9 Å². The molecule has 0 aliphatic rings. The lowest BCUT2D eigenvalue weighted by Gasteiger charge is -2.05. The van der Waals surface area contributed by atoms with Crippen LogP contribution in [0.2, 0.25) is 0 Å². The van der Waals surface area contributed by atoms with Crippen molar-refractivity contribution < 1.29 is 4.39 Å². The Morgan fingerprint density at radius 1 is 1.41 bits per heavy atom. The zero-order chi connectivity index (χ0) is 12.3. The Kier molecular flexibility index (Phi) is 3.49. The summed E-state index contributed by atoms with van der Waals surface area (Å²) < 4.78 is 13.0. The van der Waals surface area contributed by atoms with E-state index >= 15 is 0 Å². The number of nitrogens with two attached hydrogens (primary N) is 1. The van der Waals surface area contributed by atoms with E-state index in [0.717, 1.165) is 24.4 Å². The summed E-state index contributed by atoms with van der Waals surface area (Å²) in [6.07, 6.45) is 6.28. The molecule has 0 fully saturated rings. The number of aromatic nitrogens is 3. The molecule has 5 heteroatoms. The second-order valence-electron chi connectivity index (χ2n) is 3.97. The van der Waals surface area contributed by atoms with Gasteiger partial charge in [-0.1, -0.05) is 13.3 Å². The fourth-order valence-corrected chi connectivity index (χ4v) is 1.68. The maximum absolute atomic E-state index is 13.0. The standard InChI is InChI=1S/C12H15FN4/c1-2-3-10(14)12-16-7-11(17-12)8-4-9(13)6-15-5-8/h4-7,10H,2-3,14H2,1H3,(H,16,17). The zero-order valence-electron chi connectivity index (χ0n) is 9.65. The second kappa shape index (κ2) is 5.05. The number of imidazole rings is 1. The lowest BCUT2D eigenvalue weighted by atomic mass is 10.2. The first kappa shape index (κ1) is 11.7. The summed E-state index contributed by atoms with van der Waals surface area (Å²) in [5.74, 6) is 0.364. The summed E-state index contributed by atoms with van der Waals surface area (Å²) in [6, 6.07) is 1.31. The number of nitrogens with zero attached hydrogens (tertiary/aromatic N) is 2. The van der Waals surface area contributed by atoms with Crippen molar-refractivity contribution in [3.63, 3.8) is 0 Å². The predicted molar refractivity (Wildman–Crippen MR) is 63.6 cm³/mol. The molecule has 2 rings (SSSR count). The van der Waals surface area contributed by atoms with Gasteiger partial charge in [-0.15, -0.1) is 0 Å². The number of nitrogens with one attached hydrogen (secondary N) is 1. The van der Waals surface area contributed by atoms with E-state index in [2.05, 4.69) is 21.9 Å². The Bertz CT molecular complexity index is 495. The topological polar surface area (TPSA) is 67.6 Å². The number of hydrogen-bond donors (Lipinski definition) is 2. The first-order chi connectivity index (χ1) is 8.20. The minimum absolute atomic E-state index is 0.102. The highest BCUT2D eigenvalue weighted by Gasteiger charge is 2.10. The van der Waals surface area contributed by atoms with E-state index in [9.17, 15) is 4.39 Å². The largest absolute Gasteiger partial charge is 0.341 e. The van der Waals surface area contributed by atoms with Crippen LogP contribution in [0.15, 0.2) is 24.7 Å². The number of H-pyrrole nitrogens is 1. The van der Waals surface area contributed by atoms with Gasteiger partial charge in [0.2, 0.25) is 0 Å². The second-order valence-corrected chi connectivity index (χ2v) is 3.97. The molecule has 0 amide bonds. The Morgan fingerprint density at radius 3 is 2.94 bits per heavy atom. The van der Waals surface area contributed by atoms with Gasteiger partial charge in [0.25, 0.3) is 0 Å². The molecular formula is C12H15FN4. The lowest BCUT2D eigenvalue weighted by molar-refractivity contribution is 0.608. The maximum atomic E-state index is 13.0. The smallest absolute Gasteiger partial charge is 0.142 e. The van der Waals surface area contributed by atoms with Crippen molar-refractivity contribution in [3.05, 3.63) is 36.3 Å². The van der Waals surface area contributed by atoms with Crippen LogP contribution in [-0.4, -0.2) is 15.0 Å². The molecule has 0 bridgehead atoms. The molecule has 0 aromatic carbocycles. The average molecular weight is 234 g/mol. The third-order valence-electron chi connectivity index (χ3n) is 2.56. The number of hydrogen-bond acceptors (Lipinski definition) is 3. The Hall–Kier alpha value is -1.75. The minimum Gasteiger partial charge on any atom is -0.341 e. The van der Waals surface area contributed by atoms with Crippen LogP contribution >= 0.6 is 0 Å². The van der Waals surface area contributed by atoms with Gasteiger partial charge in [-0.3, -0.25) is 4.98 Å². The van der Waals surface area contributed by atoms with E-state index in [1.807, 2.05) is 0 Å². The van der Waals surface area contributed by atoms with Gasteiger partial charge < -0.3 is 10.7 Å². The van der Waals surface area contributed by atoms with Crippen molar-refractivity contribution in [2.24, 2.45) is 5.73 Å². The Labute approximate surface area is 99.1 Å². The van der Waals surface area contributed by atoms with Crippen molar-refractivity contribution >= 4 is 0 Å². The van der Waals surface area contributed by atoms with E-state index in [1.165, 1.54) is 12.3 Å². The fraction of sp³-hybridized carbons (Fsp3) is 0.333. The fourth-order valence-electron chi connectivity index (χ4n) is 1.68. The number of aromatic amines is 1. The van der Waals surface area contributed by atoms with Crippen LogP contribution in [0.3, 0.4) is 0 Å². The number of halogens is 1. The molecule has 17 heavy (non-hydrogen) atoms. The summed E-state index contributed by atoms with van der Waals surface area (Å²) in [6.45, 7) is 2.07. The van der Waals surface area contributed by atoms with Crippen molar-refractivity contribution in [2.75, 3.05) is 0 Å². The first-order valence-corrected chi connectivity index (χ1v) is 5.62. The van der Waals surface area contributed by atoms with Gasteiger partial charge in [0.1, 0.15) is 11.6 Å². The first-order valence-electron chi connectivity index (χ1n) is 5.62. The van der Waals surface area contributed by atoms with Crippen LogP contribution in [0.1, 0.15) is 31.6 Å². The minimum atomic E-state index is -0.364. The van der Waals surface area contributed by atoms with E-state index in [4.69, 9.17) is 5.73 Å². The highest BCUT2D eigenvalue weighted by molar-refractivity contribution is 5.56. The van der Waals surface area contributed by atoms with Gasteiger partial charge in [0.15, 0.2) is 0 Å². The number of rotatable bonds is 4. The highest BCUT2D eigenvalue weighted by Crippen LogP contribution is 2.19. The molecule has 0 saturated heterocycles. The van der Waals surface area contributed by atoms with Crippen LogP contribution in [0.5, 0.6) is 0 Å². The summed E-state index contributed by atoms with van der Waals surface area (Å²) >= 11 is 0. The van der Waals surface area contributed by atoms with Crippen LogP contribution in [0, 0.1) is 5.82 Å². The van der Waals surface area contributed by atoms with Gasteiger partial charge in [0, 0.05) is 11.8 Å². The summed E-state index contributed by atoms with van der Waals surface area (Å²) in [5.41, 5.74) is 7.35. The average Bonchev–Trinajstić information content (AvgIpc) is 2.78. The molecule has 90 valence electrons. The van der Waals surface area contributed by atoms with Gasteiger partial charge in [-0.05, 0) is 12.5 Å². The molecule has 2 aromatic rings. The van der Waals surface area contributed by atoms with Crippen LogP contribution < -0.4 is 5.73 Å². The molecule has 0 spiro atoms. The summed E-state index contributed by atoms with van der Waals surface area (Å²) in [4.78, 5) is 11.1. The maximum Gasteiger partial charge on any atom is 0.142 e. The van der Waals surface area contributed by atoms with Crippen molar-refractivity contribution in [1.82, 2.24) is 15.0 Å². The lowest BCUT2D eigenvalue weighted by Crippen LogP contribution is -2.11. The summed E-state index contributed by atoms with van der Waals surface area (Å²) in [5, 5.41) is 0. The molecule has 3 N–H and O–H groups in total. The number of pyridine rings is 1. The molecule has 0 radical (unpaired) electrons. The Morgan fingerprint density at radius 2 is 2.24 bits per heavy atom. The molecule has 0 saturated carbocycles. The molecular weight excluding hydrogens is 219 g/mol. The summed E-state index contributed by atoms with van der Waals surface area (Å²) in [7, 11) is 0. The molecule has 2 aromatic heterocycles. The Balaban J connectivity index is 2.23. The SMILES string of the molecule is CCCC(N)c1ncc(-c2cncc(F)c2)[nH]1. The van der Waals surface area contributed by atoms with E-state index in [0.29, 0.717) is 5.56 Å². The van der Waals surface area contributed by atoms with E-state index < -0.39 is 0 Å². The molecule has 2 heterocycles. The van der Waals surface area contributed by atoms with Crippen molar-refractivity contribution in [3.8, 4) is 11.3 Å². The molecule has 4 nitrogen and oxygen atoms in total.